The van der Waals surface area contributed by atoms with Crippen molar-refractivity contribution in [1.29, 1.82) is 0 Å². The number of ether oxygens (including phenoxy) is 3. The first-order valence-corrected chi connectivity index (χ1v) is 12.2. The van der Waals surface area contributed by atoms with Crippen LogP contribution in [0.3, 0.4) is 0 Å². The van der Waals surface area contributed by atoms with Gasteiger partial charge in [-0.25, -0.2) is 0 Å². The molecule has 2 N–H and O–H groups in total. The van der Waals surface area contributed by atoms with E-state index in [0.29, 0.717) is 48.9 Å². The first-order valence-electron chi connectivity index (χ1n) is 12.2. The van der Waals surface area contributed by atoms with Gasteiger partial charge in [0.15, 0.2) is 0 Å². The first kappa shape index (κ1) is 26.1. The summed E-state index contributed by atoms with van der Waals surface area (Å²) in [5.74, 6) is 0.836. The Bertz CT molecular complexity index is 966. The van der Waals surface area contributed by atoms with E-state index in [0.717, 1.165) is 25.7 Å². The molecule has 188 valence electrons. The van der Waals surface area contributed by atoms with Gasteiger partial charge in [-0.15, -0.1) is 0 Å². The smallest absolute Gasteiger partial charge is 0.308 e. The Kier molecular flexibility index (Phi) is 9.95. The van der Waals surface area contributed by atoms with E-state index in [1.165, 1.54) is 0 Å². The Morgan fingerprint density at radius 3 is 1.74 bits per heavy atom. The van der Waals surface area contributed by atoms with Crippen molar-refractivity contribution in [2.24, 2.45) is 5.92 Å². The van der Waals surface area contributed by atoms with Crippen LogP contribution in [0, 0.1) is 5.92 Å². The zero-order chi connectivity index (χ0) is 25.0. The number of carbonyl (C=O) groups excluding carboxylic acids is 3. The summed E-state index contributed by atoms with van der Waals surface area (Å²) in [6.45, 7) is 5.32. The molecule has 0 unspecified atom stereocenters. The topological polar surface area (TPSA) is 103 Å². The van der Waals surface area contributed by atoms with Gasteiger partial charge < -0.3 is 24.8 Å². The van der Waals surface area contributed by atoms with Gasteiger partial charge >= 0.3 is 5.97 Å². The Balaban J connectivity index is 1.36. The second-order valence-electron chi connectivity index (χ2n) is 8.34. The van der Waals surface area contributed by atoms with Crippen LogP contribution >= 0.6 is 0 Å². The minimum absolute atomic E-state index is 0.0356. The fraction of sp³-hybridized carbons (Fsp3) is 0.444. The standard InChI is InChI=1S/C27H34N2O6/c1-3-33-22-11-5-19(6-12-22)25(30)28-17-18-29-26(31)20-7-13-23(14-8-20)35-24-15-9-21(10-16-24)27(32)34-4-2/h5-8,11-14,21,24H,3-4,9-10,15-18H2,1-2H3,(H,28,30)(H,29,31)/t21-,24+. The summed E-state index contributed by atoms with van der Waals surface area (Å²) in [4.78, 5) is 36.5. The second kappa shape index (κ2) is 13.4. The highest BCUT2D eigenvalue weighted by Crippen LogP contribution is 2.28. The molecule has 1 fully saturated rings. The lowest BCUT2D eigenvalue weighted by Crippen LogP contribution is -2.34. The van der Waals surface area contributed by atoms with Crippen molar-refractivity contribution in [3.8, 4) is 11.5 Å². The summed E-state index contributed by atoms with van der Waals surface area (Å²) in [7, 11) is 0. The molecule has 1 aliphatic rings. The molecule has 0 bridgehead atoms. The number of hydrogen-bond donors (Lipinski definition) is 2. The van der Waals surface area contributed by atoms with Crippen molar-refractivity contribution in [2.75, 3.05) is 26.3 Å². The highest BCUT2D eigenvalue weighted by atomic mass is 16.5. The first-order chi connectivity index (χ1) is 17.0. The molecule has 2 aromatic carbocycles. The van der Waals surface area contributed by atoms with E-state index in [4.69, 9.17) is 14.2 Å². The second-order valence-corrected chi connectivity index (χ2v) is 8.34. The van der Waals surface area contributed by atoms with Crippen LogP contribution in [0.2, 0.25) is 0 Å². The van der Waals surface area contributed by atoms with Gasteiger partial charge in [0.25, 0.3) is 11.8 Å². The van der Waals surface area contributed by atoms with Crippen molar-refractivity contribution >= 4 is 17.8 Å². The summed E-state index contributed by atoms with van der Waals surface area (Å²) in [5, 5.41) is 5.59. The molecule has 8 heteroatoms. The molecule has 1 saturated carbocycles. The molecule has 0 radical (unpaired) electrons. The molecule has 1 aliphatic carbocycles. The molecule has 3 rings (SSSR count). The molecule has 0 atom stereocenters. The molecule has 2 amide bonds. The minimum Gasteiger partial charge on any atom is -0.494 e. The van der Waals surface area contributed by atoms with Crippen molar-refractivity contribution in [1.82, 2.24) is 10.6 Å². The number of nitrogens with one attached hydrogen (secondary N) is 2. The number of benzene rings is 2. The van der Waals surface area contributed by atoms with Crippen LogP contribution in [0.1, 0.15) is 60.2 Å². The van der Waals surface area contributed by atoms with Crippen molar-refractivity contribution in [2.45, 2.75) is 45.6 Å². The number of rotatable bonds is 11. The van der Waals surface area contributed by atoms with Crippen LogP contribution in [0.4, 0.5) is 0 Å². The highest BCUT2D eigenvalue weighted by molar-refractivity contribution is 5.95. The molecule has 0 spiro atoms. The van der Waals surface area contributed by atoms with E-state index in [1.54, 1.807) is 48.5 Å². The van der Waals surface area contributed by atoms with Gasteiger partial charge in [0.2, 0.25) is 0 Å². The molecule has 35 heavy (non-hydrogen) atoms. The molecule has 0 heterocycles. The predicted octanol–water partition coefficient (Wildman–Crippen LogP) is 3.75. The summed E-state index contributed by atoms with van der Waals surface area (Å²) in [6, 6.07) is 13.9. The normalized spacial score (nSPS) is 17.2. The number of hydrogen-bond acceptors (Lipinski definition) is 6. The Labute approximate surface area is 206 Å². The number of carbonyl (C=O) groups is 3. The SMILES string of the molecule is CCOc1ccc(C(=O)NCCNC(=O)c2ccc(O[C@H]3CC[C@@H](C(=O)OCC)CC3)cc2)cc1. The third kappa shape index (κ3) is 8.02. The van der Waals surface area contributed by atoms with Crippen LogP contribution in [0.25, 0.3) is 0 Å². The van der Waals surface area contributed by atoms with Crippen LogP contribution in [-0.2, 0) is 9.53 Å². The molecule has 0 aromatic heterocycles. The maximum atomic E-state index is 12.4. The van der Waals surface area contributed by atoms with Crippen LogP contribution in [-0.4, -0.2) is 50.2 Å². The lowest BCUT2D eigenvalue weighted by molar-refractivity contribution is -0.149. The van der Waals surface area contributed by atoms with Gasteiger partial charge in [0.05, 0.1) is 25.2 Å². The molecular weight excluding hydrogens is 448 g/mol. The average Bonchev–Trinajstić information content (AvgIpc) is 2.88. The zero-order valence-electron chi connectivity index (χ0n) is 20.4. The lowest BCUT2D eigenvalue weighted by atomic mass is 9.87. The average molecular weight is 483 g/mol. The molecule has 0 aliphatic heterocycles. The quantitative estimate of drug-likeness (QED) is 0.374. The fourth-order valence-electron chi connectivity index (χ4n) is 3.98. The molecule has 0 saturated heterocycles. The van der Waals surface area contributed by atoms with Crippen molar-refractivity contribution in [3.05, 3.63) is 59.7 Å². The fourth-order valence-corrected chi connectivity index (χ4v) is 3.98. The van der Waals surface area contributed by atoms with Crippen molar-refractivity contribution in [3.63, 3.8) is 0 Å². The zero-order valence-corrected chi connectivity index (χ0v) is 20.4. The summed E-state index contributed by atoms with van der Waals surface area (Å²) in [6.07, 6.45) is 3.18. The number of amides is 2. The third-order valence-electron chi connectivity index (χ3n) is 5.84. The van der Waals surface area contributed by atoms with Gasteiger partial charge in [-0.2, -0.15) is 0 Å². The van der Waals surface area contributed by atoms with Gasteiger partial charge in [-0.1, -0.05) is 0 Å². The van der Waals surface area contributed by atoms with Crippen molar-refractivity contribution < 1.29 is 28.6 Å². The summed E-state index contributed by atoms with van der Waals surface area (Å²) in [5.41, 5.74) is 1.05. The number of esters is 1. The van der Waals surface area contributed by atoms with E-state index in [1.807, 2.05) is 13.8 Å². The summed E-state index contributed by atoms with van der Waals surface area (Å²) >= 11 is 0. The molecule has 2 aromatic rings. The highest BCUT2D eigenvalue weighted by Gasteiger charge is 2.28. The van der Waals surface area contributed by atoms with Crippen LogP contribution < -0.4 is 20.1 Å². The van der Waals surface area contributed by atoms with E-state index in [-0.39, 0.29) is 29.8 Å². The predicted molar refractivity (Wildman–Crippen MR) is 132 cm³/mol. The van der Waals surface area contributed by atoms with Gasteiger partial charge in [-0.05, 0) is 88.1 Å². The summed E-state index contributed by atoms with van der Waals surface area (Å²) < 4.78 is 16.5. The largest absolute Gasteiger partial charge is 0.494 e. The van der Waals surface area contributed by atoms with Gasteiger partial charge in [0.1, 0.15) is 11.5 Å². The Hall–Kier alpha value is -3.55. The minimum atomic E-state index is -0.221. The maximum absolute atomic E-state index is 12.4. The van der Waals surface area contributed by atoms with E-state index in [2.05, 4.69) is 10.6 Å². The lowest BCUT2D eigenvalue weighted by Gasteiger charge is -2.27. The van der Waals surface area contributed by atoms with Crippen LogP contribution in [0.15, 0.2) is 48.5 Å². The van der Waals surface area contributed by atoms with E-state index in [9.17, 15) is 14.4 Å². The van der Waals surface area contributed by atoms with Gasteiger partial charge in [0, 0.05) is 24.2 Å². The van der Waals surface area contributed by atoms with Gasteiger partial charge in [-0.3, -0.25) is 14.4 Å². The molecular formula is C27H34N2O6. The van der Waals surface area contributed by atoms with Crippen LogP contribution in [0.5, 0.6) is 11.5 Å². The van der Waals surface area contributed by atoms with E-state index < -0.39 is 0 Å². The third-order valence-corrected chi connectivity index (χ3v) is 5.84. The Morgan fingerprint density at radius 2 is 1.26 bits per heavy atom. The molecule has 8 nitrogen and oxygen atoms in total. The maximum Gasteiger partial charge on any atom is 0.308 e. The Morgan fingerprint density at radius 1 is 0.743 bits per heavy atom. The monoisotopic (exact) mass is 482 g/mol. The van der Waals surface area contributed by atoms with E-state index >= 15 is 0 Å².